The smallest absolute Gasteiger partial charge is 0.335 e. The monoisotopic (exact) mass is 369 g/mol. The molecule has 0 saturated carbocycles. The van der Waals surface area contributed by atoms with Gasteiger partial charge < -0.3 is 14.4 Å². The van der Waals surface area contributed by atoms with Crippen molar-refractivity contribution in [2.24, 2.45) is 0 Å². The van der Waals surface area contributed by atoms with E-state index >= 15 is 0 Å². The highest BCUT2D eigenvalue weighted by Crippen LogP contribution is 2.53. The zero-order valence-electron chi connectivity index (χ0n) is 15.4. The van der Waals surface area contributed by atoms with E-state index in [2.05, 4.69) is 17.0 Å². The number of ether oxygens (including phenoxy) is 2. The first-order valence-electron chi connectivity index (χ1n) is 9.27. The van der Waals surface area contributed by atoms with Crippen LogP contribution >= 0.6 is 0 Å². The van der Waals surface area contributed by atoms with Gasteiger partial charge in [0.25, 0.3) is 0 Å². The maximum absolute atomic E-state index is 12.7. The minimum absolute atomic E-state index is 0.101. The number of para-hydroxylation sites is 3. The molecule has 28 heavy (non-hydrogen) atoms. The van der Waals surface area contributed by atoms with Crippen molar-refractivity contribution in [1.29, 1.82) is 0 Å². The number of esters is 1. The first kappa shape index (κ1) is 16.6. The number of hydrogen-bond acceptors (Lipinski definition) is 4. The van der Waals surface area contributed by atoms with E-state index in [0.717, 1.165) is 28.3 Å². The molecule has 0 N–H and O–H groups in total. The lowest BCUT2D eigenvalue weighted by Crippen LogP contribution is -2.28. The quantitative estimate of drug-likeness (QED) is 0.583. The number of rotatable bonds is 2. The van der Waals surface area contributed by atoms with Gasteiger partial charge in [0.15, 0.2) is 5.75 Å². The molecule has 2 heterocycles. The Morgan fingerprint density at radius 3 is 2.36 bits per heavy atom. The lowest BCUT2D eigenvalue weighted by molar-refractivity contribution is -0.136. The van der Waals surface area contributed by atoms with Gasteiger partial charge in [0.1, 0.15) is 5.75 Å². The van der Waals surface area contributed by atoms with Crippen LogP contribution in [-0.4, -0.2) is 13.1 Å². The molecule has 138 valence electrons. The third kappa shape index (κ3) is 2.49. The van der Waals surface area contributed by atoms with Crippen LogP contribution in [0.2, 0.25) is 0 Å². The highest BCUT2D eigenvalue weighted by Gasteiger charge is 2.43. The zero-order valence-corrected chi connectivity index (χ0v) is 15.4. The molecule has 0 fully saturated rings. The van der Waals surface area contributed by atoms with E-state index in [-0.39, 0.29) is 18.1 Å². The maximum Gasteiger partial charge on any atom is 0.335 e. The van der Waals surface area contributed by atoms with Crippen LogP contribution in [0.3, 0.4) is 0 Å². The maximum atomic E-state index is 12.7. The van der Waals surface area contributed by atoms with Gasteiger partial charge in [-0.15, -0.1) is 0 Å². The second-order valence-corrected chi connectivity index (χ2v) is 6.89. The Morgan fingerprint density at radius 2 is 1.57 bits per heavy atom. The van der Waals surface area contributed by atoms with Crippen molar-refractivity contribution in [3.8, 4) is 11.5 Å². The fourth-order valence-corrected chi connectivity index (χ4v) is 4.14. The van der Waals surface area contributed by atoms with Crippen molar-refractivity contribution in [2.75, 3.05) is 12.0 Å². The van der Waals surface area contributed by atoms with Gasteiger partial charge in [-0.2, -0.15) is 0 Å². The molecule has 0 unspecified atom stereocenters. The number of carbonyl (C=O) groups excluding carboxylic acids is 1. The molecule has 0 bridgehead atoms. The van der Waals surface area contributed by atoms with Crippen LogP contribution in [-0.2, 0) is 9.53 Å². The molecule has 2 aliphatic heterocycles. The number of fused-ring (bicyclic) bond motifs is 5. The standard InChI is InChI=1S/C24H19NO3/c1-27-24(26)18-15-20(16-9-3-2-4-10-16)25-19-12-6-8-14-22(19)28-21-13-7-5-11-17(21)23(18)25/h2-15,20,23H,1H3/t20-,23-/m0/s1. The van der Waals surface area contributed by atoms with E-state index in [1.807, 2.05) is 72.8 Å². The number of nitrogens with zero attached hydrogens (tertiary/aromatic N) is 1. The van der Waals surface area contributed by atoms with Gasteiger partial charge >= 0.3 is 5.97 Å². The van der Waals surface area contributed by atoms with Crippen molar-refractivity contribution < 1.29 is 14.3 Å². The summed E-state index contributed by atoms with van der Waals surface area (Å²) in [7, 11) is 1.43. The topological polar surface area (TPSA) is 38.8 Å². The van der Waals surface area contributed by atoms with Crippen LogP contribution in [0.5, 0.6) is 11.5 Å². The lowest BCUT2D eigenvalue weighted by atomic mass is 9.99. The van der Waals surface area contributed by atoms with Crippen LogP contribution in [0, 0.1) is 0 Å². The van der Waals surface area contributed by atoms with Crippen molar-refractivity contribution in [3.63, 3.8) is 0 Å². The Hall–Kier alpha value is -3.53. The first-order chi connectivity index (χ1) is 13.8. The minimum Gasteiger partial charge on any atom is -0.466 e. The molecule has 4 heteroatoms. The molecular formula is C24H19NO3. The molecule has 0 amide bonds. The third-order valence-electron chi connectivity index (χ3n) is 5.35. The van der Waals surface area contributed by atoms with E-state index < -0.39 is 0 Å². The average Bonchev–Trinajstić information content (AvgIpc) is 3.08. The molecular weight excluding hydrogens is 350 g/mol. The molecule has 4 nitrogen and oxygen atoms in total. The fourth-order valence-electron chi connectivity index (χ4n) is 4.14. The number of anilines is 1. The van der Waals surface area contributed by atoms with E-state index in [9.17, 15) is 4.79 Å². The predicted octanol–water partition coefficient (Wildman–Crippen LogP) is 5.19. The Labute approximate surface area is 163 Å². The lowest BCUT2D eigenvalue weighted by Gasteiger charge is -2.33. The van der Waals surface area contributed by atoms with Crippen molar-refractivity contribution in [3.05, 3.63) is 102 Å². The Bertz CT molecular complexity index is 1070. The molecule has 3 aromatic carbocycles. The van der Waals surface area contributed by atoms with E-state index in [1.54, 1.807) is 0 Å². The Kier molecular flexibility index (Phi) is 3.90. The molecule has 0 spiro atoms. The number of hydrogen-bond donors (Lipinski definition) is 0. The van der Waals surface area contributed by atoms with Gasteiger partial charge in [0.05, 0.1) is 30.5 Å². The van der Waals surface area contributed by atoms with Gasteiger partial charge in [-0.1, -0.05) is 60.7 Å². The second kappa shape index (κ2) is 6.57. The summed E-state index contributed by atoms with van der Waals surface area (Å²) in [4.78, 5) is 15.0. The Morgan fingerprint density at radius 1 is 0.893 bits per heavy atom. The van der Waals surface area contributed by atoms with Gasteiger partial charge in [-0.3, -0.25) is 0 Å². The van der Waals surface area contributed by atoms with Crippen molar-refractivity contribution in [2.45, 2.75) is 12.1 Å². The third-order valence-corrected chi connectivity index (χ3v) is 5.35. The van der Waals surface area contributed by atoms with E-state index in [0.29, 0.717) is 5.57 Å². The highest BCUT2D eigenvalue weighted by molar-refractivity contribution is 5.93. The van der Waals surface area contributed by atoms with Crippen LogP contribution in [0.4, 0.5) is 5.69 Å². The summed E-state index contributed by atoms with van der Waals surface area (Å²) in [5.74, 6) is 1.21. The normalized spacial score (nSPS) is 19.5. The van der Waals surface area contributed by atoms with Crippen LogP contribution in [0.25, 0.3) is 0 Å². The second-order valence-electron chi connectivity index (χ2n) is 6.89. The molecule has 0 aliphatic carbocycles. The van der Waals surface area contributed by atoms with Gasteiger partial charge in [0, 0.05) is 5.56 Å². The van der Waals surface area contributed by atoms with Crippen LogP contribution < -0.4 is 9.64 Å². The molecule has 5 rings (SSSR count). The summed E-state index contributed by atoms with van der Waals surface area (Å²) >= 11 is 0. The Balaban J connectivity index is 1.78. The molecule has 3 aromatic rings. The summed E-state index contributed by atoms with van der Waals surface area (Å²) in [5, 5.41) is 0. The molecule has 2 atom stereocenters. The van der Waals surface area contributed by atoms with Crippen molar-refractivity contribution in [1.82, 2.24) is 0 Å². The summed E-state index contributed by atoms with van der Waals surface area (Å²) in [6, 6.07) is 25.7. The minimum atomic E-state index is -0.317. The zero-order chi connectivity index (χ0) is 19.1. The van der Waals surface area contributed by atoms with E-state index in [4.69, 9.17) is 9.47 Å². The molecule has 0 radical (unpaired) electrons. The molecule has 2 aliphatic rings. The largest absolute Gasteiger partial charge is 0.466 e. The van der Waals surface area contributed by atoms with Gasteiger partial charge in [0.2, 0.25) is 0 Å². The number of benzene rings is 3. The summed E-state index contributed by atoms with van der Waals surface area (Å²) in [6.45, 7) is 0. The van der Waals surface area contributed by atoms with Gasteiger partial charge in [-0.05, 0) is 29.8 Å². The average molecular weight is 369 g/mol. The highest BCUT2D eigenvalue weighted by atomic mass is 16.5. The molecule has 0 saturated heterocycles. The van der Waals surface area contributed by atoms with Crippen LogP contribution in [0.15, 0.2) is 90.5 Å². The number of methoxy groups -OCH3 is 1. The predicted molar refractivity (Wildman–Crippen MR) is 107 cm³/mol. The first-order valence-corrected chi connectivity index (χ1v) is 9.27. The SMILES string of the molecule is COC(=O)C1=C[C@@H](c2ccccc2)N2c3ccccc3Oc3ccccc3[C@@H]12. The fraction of sp³-hybridized carbons (Fsp3) is 0.125. The van der Waals surface area contributed by atoms with Crippen molar-refractivity contribution >= 4 is 11.7 Å². The molecule has 0 aromatic heterocycles. The number of carbonyl (C=O) groups is 1. The van der Waals surface area contributed by atoms with Gasteiger partial charge in [-0.25, -0.2) is 4.79 Å². The summed E-state index contributed by atoms with van der Waals surface area (Å²) in [5.41, 5.74) is 3.64. The van der Waals surface area contributed by atoms with Crippen LogP contribution in [0.1, 0.15) is 23.2 Å². The van der Waals surface area contributed by atoms with E-state index in [1.165, 1.54) is 7.11 Å². The summed E-state index contributed by atoms with van der Waals surface area (Å²) < 4.78 is 11.4. The summed E-state index contributed by atoms with van der Waals surface area (Å²) in [6.07, 6.45) is 2.02.